The third kappa shape index (κ3) is 1.82. The van der Waals surface area contributed by atoms with Gasteiger partial charge in [-0.3, -0.25) is 4.79 Å². The van der Waals surface area contributed by atoms with E-state index < -0.39 is 17.3 Å². The lowest BCUT2D eigenvalue weighted by molar-refractivity contribution is -0.139. The largest absolute Gasteiger partial charge is 0.341 e. The third-order valence-electron chi connectivity index (χ3n) is 3.76. The molecule has 1 saturated carbocycles. The fourth-order valence-electron chi connectivity index (χ4n) is 2.85. The highest BCUT2D eigenvalue weighted by Crippen LogP contribution is 2.48. The van der Waals surface area contributed by atoms with Crippen LogP contribution in [0, 0.1) is 17.3 Å². The number of amides is 1. The average molecular weight is 231 g/mol. The van der Waals surface area contributed by atoms with Crippen LogP contribution in [0.3, 0.4) is 0 Å². The van der Waals surface area contributed by atoms with Gasteiger partial charge in [0.15, 0.2) is 0 Å². The van der Waals surface area contributed by atoms with Gasteiger partial charge in [-0.25, -0.2) is 8.78 Å². The zero-order chi connectivity index (χ0) is 12.1. The highest BCUT2D eigenvalue weighted by molar-refractivity contribution is 5.81. The van der Waals surface area contributed by atoms with Crippen LogP contribution in [0.25, 0.3) is 0 Å². The van der Waals surface area contributed by atoms with E-state index in [0.717, 1.165) is 0 Å². The summed E-state index contributed by atoms with van der Waals surface area (Å²) in [6.45, 7) is 6.27. The van der Waals surface area contributed by atoms with Crippen molar-refractivity contribution in [1.82, 2.24) is 4.90 Å². The summed E-state index contributed by atoms with van der Waals surface area (Å²) in [5.74, 6) is -3.14. The SMILES string of the molecule is CC(C)(C)C(=O)N1CC2CCC(F)(F)C2C1. The second kappa shape index (κ2) is 3.41. The highest BCUT2D eigenvalue weighted by atomic mass is 19.3. The molecule has 2 rings (SSSR count). The van der Waals surface area contributed by atoms with Crippen molar-refractivity contribution in [2.75, 3.05) is 13.1 Å². The molecule has 16 heavy (non-hydrogen) atoms. The van der Waals surface area contributed by atoms with Gasteiger partial charge in [-0.1, -0.05) is 20.8 Å². The summed E-state index contributed by atoms with van der Waals surface area (Å²) in [6.07, 6.45) is 0.561. The zero-order valence-electron chi connectivity index (χ0n) is 10.1. The molecule has 0 spiro atoms. The average Bonchev–Trinajstić information content (AvgIpc) is 2.65. The van der Waals surface area contributed by atoms with Crippen molar-refractivity contribution < 1.29 is 13.6 Å². The van der Waals surface area contributed by atoms with Crippen LogP contribution in [0.5, 0.6) is 0 Å². The predicted octanol–water partition coefficient (Wildman–Crippen LogP) is 2.54. The maximum atomic E-state index is 13.5. The van der Waals surface area contributed by atoms with Crippen LogP contribution in [0.15, 0.2) is 0 Å². The summed E-state index contributed by atoms with van der Waals surface area (Å²) in [6, 6.07) is 0. The van der Waals surface area contributed by atoms with E-state index in [2.05, 4.69) is 0 Å². The summed E-state index contributed by atoms with van der Waals surface area (Å²) < 4.78 is 27.0. The normalized spacial score (nSPS) is 32.9. The fraction of sp³-hybridized carbons (Fsp3) is 0.917. The molecule has 0 bridgehead atoms. The van der Waals surface area contributed by atoms with Gasteiger partial charge in [0, 0.05) is 30.8 Å². The molecular formula is C12H19F2NO. The first-order chi connectivity index (χ1) is 7.22. The molecular weight excluding hydrogens is 212 g/mol. The van der Waals surface area contributed by atoms with Gasteiger partial charge in [-0.2, -0.15) is 0 Å². The van der Waals surface area contributed by atoms with Crippen molar-refractivity contribution in [3.05, 3.63) is 0 Å². The lowest BCUT2D eigenvalue weighted by Gasteiger charge is -2.27. The summed E-state index contributed by atoms with van der Waals surface area (Å²) >= 11 is 0. The topological polar surface area (TPSA) is 20.3 Å². The van der Waals surface area contributed by atoms with Crippen molar-refractivity contribution in [1.29, 1.82) is 0 Å². The Morgan fingerprint density at radius 1 is 1.31 bits per heavy atom. The molecule has 0 aromatic carbocycles. The van der Waals surface area contributed by atoms with E-state index in [0.29, 0.717) is 13.0 Å². The van der Waals surface area contributed by atoms with Crippen LogP contribution in [0.1, 0.15) is 33.6 Å². The van der Waals surface area contributed by atoms with Gasteiger partial charge < -0.3 is 4.90 Å². The molecule has 0 aromatic rings. The van der Waals surface area contributed by atoms with Gasteiger partial charge in [0.25, 0.3) is 5.92 Å². The van der Waals surface area contributed by atoms with E-state index in [9.17, 15) is 13.6 Å². The lowest BCUT2D eigenvalue weighted by Crippen LogP contribution is -2.39. The molecule has 0 radical (unpaired) electrons. The Morgan fingerprint density at radius 3 is 2.44 bits per heavy atom. The van der Waals surface area contributed by atoms with Crippen molar-refractivity contribution in [2.24, 2.45) is 17.3 Å². The minimum atomic E-state index is -2.56. The van der Waals surface area contributed by atoms with E-state index in [-0.39, 0.29) is 24.8 Å². The predicted molar refractivity (Wildman–Crippen MR) is 57.2 cm³/mol. The van der Waals surface area contributed by atoms with Crippen LogP contribution in [-0.4, -0.2) is 29.8 Å². The highest BCUT2D eigenvalue weighted by Gasteiger charge is 2.55. The van der Waals surface area contributed by atoms with Crippen LogP contribution < -0.4 is 0 Å². The molecule has 1 aliphatic carbocycles. The number of fused-ring (bicyclic) bond motifs is 1. The van der Waals surface area contributed by atoms with Crippen LogP contribution >= 0.6 is 0 Å². The van der Waals surface area contributed by atoms with Gasteiger partial charge in [0.2, 0.25) is 5.91 Å². The molecule has 2 nitrogen and oxygen atoms in total. The van der Waals surface area contributed by atoms with Gasteiger partial charge >= 0.3 is 0 Å². The molecule has 2 fully saturated rings. The number of hydrogen-bond donors (Lipinski definition) is 0. The first-order valence-corrected chi connectivity index (χ1v) is 5.89. The molecule has 2 unspecified atom stereocenters. The Labute approximate surface area is 95.0 Å². The maximum Gasteiger partial charge on any atom is 0.252 e. The second-order valence-electron chi connectivity index (χ2n) is 6.13. The first kappa shape index (κ1) is 11.8. The number of nitrogens with zero attached hydrogens (tertiary/aromatic N) is 1. The molecule has 1 aliphatic heterocycles. The molecule has 1 amide bonds. The van der Waals surface area contributed by atoms with Crippen LogP contribution in [-0.2, 0) is 4.79 Å². The first-order valence-electron chi connectivity index (χ1n) is 5.89. The number of halogens is 2. The Kier molecular flexibility index (Phi) is 2.52. The molecule has 1 heterocycles. The van der Waals surface area contributed by atoms with Gasteiger partial charge in [0.1, 0.15) is 0 Å². The van der Waals surface area contributed by atoms with Gasteiger partial charge in [-0.15, -0.1) is 0 Å². The van der Waals surface area contributed by atoms with Crippen molar-refractivity contribution in [3.8, 4) is 0 Å². The minimum absolute atomic E-state index is 0.000117. The smallest absolute Gasteiger partial charge is 0.252 e. The number of rotatable bonds is 0. The summed E-state index contributed by atoms with van der Waals surface area (Å²) in [7, 11) is 0. The van der Waals surface area contributed by atoms with E-state index in [1.165, 1.54) is 0 Å². The molecule has 1 saturated heterocycles. The zero-order valence-corrected chi connectivity index (χ0v) is 10.1. The maximum absolute atomic E-state index is 13.5. The van der Waals surface area contributed by atoms with Crippen LogP contribution in [0.2, 0.25) is 0 Å². The number of likely N-dealkylation sites (tertiary alicyclic amines) is 1. The molecule has 2 atom stereocenters. The van der Waals surface area contributed by atoms with E-state index in [1.54, 1.807) is 4.90 Å². The van der Waals surface area contributed by atoms with Gasteiger partial charge in [-0.05, 0) is 12.3 Å². The van der Waals surface area contributed by atoms with E-state index in [4.69, 9.17) is 0 Å². The second-order valence-corrected chi connectivity index (χ2v) is 6.13. The fourth-order valence-corrected chi connectivity index (χ4v) is 2.85. The quantitative estimate of drug-likeness (QED) is 0.627. The molecule has 92 valence electrons. The lowest BCUT2D eigenvalue weighted by atomic mass is 9.95. The van der Waals surface area contributed by atoms with Crippen molar-refractivity contribution in [2.45, 2.75) is 39.5 Å². The molecule has 0 aromatic heterocycles. The minimum Gasteiger partial charge on any atom is -0.341 e. The number of carbonyl (C=O) groups is 1. The third-order valence-corrected chi connectivity index (χ3v) is 3.76. The van der Waals surface area contributed by atoms with Gasteiger partial charge in [0.05, 0.1) is 0 Å². The van der Waals surface area contributed by atoms with Crippen molar-refractivity contribution in [3.63, 3.8) is 0 Å². The Morgan fingerprint density at radius 2 is 1.94 bits per heavy atom. The van der Waals surface area contributed by atoms with Crippen LogP contribution in [0.4, 0.5) is 8.78 Å². The van der Waals surface area contributed by atoms with E-state index >= 15 is 0 Å². The summed E-state index contributed by atoms with van der Waals surface area (Å²) in [5, 5.41) is 0. The Bertz CT molecular complexity index is 309. The monoisotopic (exact) mass is 231 g/mol. The summed E-state index contributed by atoms with van der Waals surface area (Å²) in [4.78, 5) is 13.6. The molecule has 0 N–H and O–H groups in total. The number of carbonyl (C=O) groups excluding carboxylic acids is 1. The number of hydrogen-bond acceptors (Lipinski definition) is 1. The standard InChI is InChI=1S/C12H19F2NO/c1-11(2,3)10(16)15-6-8-4-5-12(13,14)9(8)7-15/h8-9H,4-7H2,1-3H3. The molecule has 4 heteroatoms. The number of alkyl halides is 2. The van der Waals surface area contributed by atoms with Crippen molar-refractivity contribution >= 4 is 5.91 Å². The Balaban J connectivity index is 2.07. The van der Waals surface area contributed by atoms with E-state index in [1.807, 2.05) is 20.8 Å². The Hall–Kier alpha value is -0.670. The molecule has 2 aliphatic rings. The summed E-state index contributed by atoms with van der Waals surface area (Å²) in [5.41, 5.74) is -0.464.